The molecule has 0 aromatic heterocycles. The number of fused-ring (bicyclic) bond motifs is 2. The maximum atomic E-state index is 13.7. The number of hydrogen-bond donors (Lipinski definition) is 0. The van der Waals surface area contributed by atoms with Gasteiger partial charge >= 0.3 is 0 Å². The lowest BCUT2D eigenvalue weighted by Crippen LogP contribution is -2.22. The lowest BCUT2D eigenvalue weighted by molar-refractivity contribution is 0.0974. The SMILES string of the molecule is COc1cccc2c1C(=O)c1c(ccc(/C=C/c3ccc(OCc4ccccc4)c(OCc4ccccc4)c3)c1OC)C2=O. The number of rotatable bonds is 10. The summed E-state index contributed by atoms with van der Waals surface area (Å²) in [7, 11) is 2.98. The molecule has 0 aliphatic heterocycles. The lowest BCUT2D eigenvalue weighted by atomic mass is 9.82. The molecular weight excluding hydrogens is 552 g/mol. The summed E-state index contributed by atoms with van der Waals surface area (Å²) < 4.78 is 23.5. The van der Waals surface area contributed by atoms with Crippen LogP contribution in [0.4, 0.5) is 0 Å². The number of ketones is 2. The summed E-state index contributed by atoms with van der Waals surface area (Å²) in [6, 6.07) is 34.1. The van der Waals surface area contributed by atoms with Gasteiger partial charge in [-0.25, -0.2) is 0 Å². The third-order valence-corrected chi connectivity index (χ3v) is 7.48. The number of benzene rings is 5. The van der Waals surface area contributed by atoms with Crippen LogP contribution in [-0.4, -0.2) is 25.8 Å². The van der Waals surface area contributed by atoms with Crippen LogP contribution >= 0.6 is 0 Å². The van der Waals surface area contributed by atoms with Gasteiger partial charge in [0.2, 0.25) is 5.78 Å². The molecule has 0 bridgehead atoms. The first-order valence-corrected chi connectivity index (χ1v) is 14.2. The highest BCUT2D eigenvalue weighted by atomic mass is 16.5. The molecule has 5 aromatic carbocycles. The van der Waals surface area contributed by atoms with Gasteiger partial charge in [0, 0.05) is 16.7 Å². The lowest BCUT2D eigenvalue weighted by Gasteiger charge is -2.22. The van der Waals surface area contributed by atoms with Crippen LogP contribution in [0.5, 0.6) is 23.0 Å². The molecule has 0 heterocycles. The van der Waals surface area contributed by atoms with E-state index in [-0.39, 0.29) is 22.7 Å². The molecule has 0 saturated heterocycles. The minimum absolute atomic E-state index is 0.230. The quantitative estimate of drug-likeness (QED) is 0.154. The summed E-state index contributed by atoms with van der Waals surface area (Å²) in [6.45, 7) is 0.792. The Hall–Kier alpha value is -5.62. The van der Waals surface area contributed by atoms with Gasteiger partial charge in [0.15, 0.2) is 17.3 Å². The van der Waals surface area contributed by atoms with E-state index < -0.39 is 0 Å². The fourth-order valence-electron chi connectivity index (χ4n) is 5.28. The summed E-state index contributed by atoms with van der Waals surface area (Å²) in [4.78, 5) is 27.1. The highest BCUT2D eigenvalue weighted by molar-refractivity contribution is 6.30. The molecule has 44 heavy (non-hydrogen) atoms. The van der Waals surface area contributed by atoms with E-state index in [4.69, 9.17) is 18.9 Å². The number of carbonyl (C=O) groups is 2. The number of hydrogen-bond acceptors (Lipinski definition) is 6. The first kappa shape index (κ1) is 28.5. The smallest absolute Gasteiger partial charge is 0.202 e. The van der Waals surface area contributed by atoms with Crippen LogP contribution in [-0.2, 0) is 13.2 Å². The van der Waals surface area contributed by atoms with Gasteiger partial charge in [-0.1, -0.05) is 97.1 Å². The molecule has 5 aromatic rings. The van der Waals surface area contributed by atoms with Crippen molar-refractivity contribution in [1.82, 2.24) is 0 Å². The molecule has 1 aliphatic rings. The second-order valence-corrected chi connectivity index (χ2v) is 10.2. The Kier molecular flexibility index (Phi) is 8.23. The van der Waals surface area contributed by atoms with E-state index in [1.807, 2.05) is 91.0 Å². The summed E-state index contributed by atoms with van der Waals surface area (Å²) in [6.07, 6.45) is 3.76. The Bertz CT molecular complexity index is 1860. The minimum atomic E-state index is -0.310. The molecule has 0 radical (unpaired) electrons. The molecule has 6 rings (SSSR count). The summed E-state index contributed by atoms with van der Waals surface area (Å²) in [5.41, 5.74) is 4.71. The highest BCUT2D eigenvalue weighted by Gasteiger charge is 2.35. The van der Waals surface area contributed by atoms with E-state index in [0.717, 1.165) is 16.7 Å². The molecule has 6 nitrogen and oxygen atoms in total. The number of methoxy groups -OCH3 is 2. The van der Waals surface area contributed by atoms with Crippen LogP contribution in [0.15, 0.2) is 109 Å². The zero-order chi connectivity index (χ0) is 30.5. The number of carbonyl (C=O) groups excluding carboxylic acids is 2. The van der Waals surface area contributed by atoms with Crippen molar-refractivity contribution in [2.24, 2.45) is 0 Å². The molecule has 1 aliphatic carbocycles. The molecule has 218 valence electrons. The van der Waals surface area contributed by atoms with E-state index in [9.17, 15) is 9.59 Å². The van der Waals surface area contributed by atoms with Crippen molar-refractivity contribution in [3.8, 4) is 23.0 Å². The zero-order valence-electron chi connectivity index (χ0n) is 24.4. The van der Waals surface area contributed by atoms with Crippen LogP contribution in [0.25, 0.3) is 12.2 Å². The van der Waals surface area contributed by atoms with Crippen molar-refractivity contribution in [3.63, 3.8) is 0 Å². The van der Waals surface area contributed by atoms with E-state index in [0.29, 0.717) is 52.9 Å². The van der Waals surface area contributed by atoms with Crippen molar-refractivity contribution < 1.29 is 28.5 Å². The Morgan fingerprint density at radius 2 is 1.20 bits per heavy atom. The average Bonchev–Trinajstić information content (AvgIpc) is 3.08. The predicted molar refractivity (Wildman–Crippen MR) is 170 cm³/mol. The molecule has 0 spiro atoms. The van der Waals surface area contributed by atoms with E-state index in [1.54, 1.807) is 30.3 Å². The first-order valence-electron chi connectivity index (χ1n) is 14.2. The molecule has 0 unspecified atom stereocenters. The van der Waals surface area contributed by atoms with Gasteiger partial charge < -0.3 is 18.9 Å². The van der Waals surface area contributed by atoms with Crippen molar-refractivity contribution in [1.29, 1.82) is 0 Å². The van der Waals surface area contributed by atoms with Gasteiger partial charge in [0.05, 0.1) is 25.3 Å². The fraction of sp³-hybridized carbons (Fsp3) is 0.105. The second kappa shape index (κ2) is 12.7. The van der Waals surface area contributed by atoms with Crippen LogP contribution in [0.1, 0.15) is 54.1 Å². The Labute approximate surface area is 256 Å². The van der Waals surface area contributed by atoms with Crippen molar-refractivity contribution >= 4 is 23.7 Å². The first-order chi connectivity index (χ1) is 21.6. The normalized spacial score (nSPS) is 12.0. The van der Waals surface area contributed by atoms with Gasteiger partial charge in [-0.05, 0) is 41.0 Å². The topological polar surface area (TPSA) is 71.1 Å². The maximum Gasteiger partial charge on any atom is 0.202 e. The van der Waals surface area contributed by atoms with Crippen LogP contribution in [0, 0.1) is 0 Å². The molecule has 0 N–H and O–H groups in total. The van der Waals surface area contributed by atoms with Gasteiger partial charge in [0.1, 0.15) is 24.7 Å². The molecule has 6 heteroatoms. The second-order valence-electron chi connectivity index (χ2n) is 10.2. The van der Waals surface area contributed by atoms with Crippen molar-refractivity contribution in [2.75, 3.05) is 14.2 Å². The van der Waals surface area contributed by atoms with E-state index in [1.165, 1.54) is 14.2 Å². The standard InChI is InChI=1S/C38H30O6/c1-41-32-15-9-14-29-34(32)37(40)35-30(36(29)39)20-19-28(38(35)42-2)18-16-25-17-21-31(43-23-26-10-5-3-6-11-26)33(22-25)44-24-27-12-7-4-8-13-27/h3-22H,23-24H2,1-2H3/b18-16+. The molecular formula is C38H30O6. The van der Waals surface area contributed by atoms with Crippen molar-refractivity contribution in [3.05, 3.63) is 154 Å². The number of ether oxygens (including phenoxy) is 4. The Balaban J connectivity index is 1.31. The summed E-state index contributed by atoms with van der Waals surface area (Å²) >= 11 is 0. The Morgan fingerprint density at radius 1 is 0.545 bits per heavy atom. The average molecular weight is 583 g/mol. The van der Waals surface area contributed by atoms with Crippen LogP contribution in [0.2, 0.25) is 0 Å². The third kappa shape index (κ3) is 5.70. The maximum absolute atomic E-state index is 13.7. The molecule has 0 fully saturated rings. The van der Waals surface area contributed by atoms with Gasteiger partial charge in [0.25, 0.3) is 0 Å². The minimum Gasteiger partial charge on any atom is -0.496 e. The third-order valence-electron chi connectivity index (χ3n) is 7.48. The summed E-state index contributed by atoms with van der Waals surface area (Å²) in [5, 5.41) is 0. The Morgan fingerprint density at radius 3 is 1.86 bits per heavy atom. The van der Waals surface area contributed by atoms with Crippen LogP contribution < -0.4 is 18.9 Å². The van der Waals surface area contributed by atoms with Gasteiger partial charge in [-0.3, -0.25) is 9.59 Å². The highest BCUT2D eigenvalue weighted by Crippen LogP contribution is 2.39. The van der Waals surface area contributed by atoms with E-state index in [2.05, 4.69) is 0 Å². The predicted octanol–water partition coefficient (Wildman–Crippen LogP) is 7.81. The fourth-order valence-corrected chi connectivity index (χ4v) is 5.28. The van der Waals surface area contributed by atoms with Crippen LogP contribution in [0.3, 0.4) is 0 Å². The monoisotopic (exact) mass is 582 g/mol. The molecule has 0 atom stereocenters. The molecule has 0 saturated carbocycles. The summed E-state index contributed by atoms with van der Waals surface area (Å²) in [5.74, 6) is 1.37. The van der Waals surface area contributed by atoms with Crippen molar-refractivity contribution in [2.45, 2.75) is 13.2 Å². The largest absolute Gasteiger partial charge is 0.496 e. The van der Waals surface area contributed by atoms with Gasteiger partial charge in [-0.2, -0.15) is 0 Å². The van der Waals surface area contributed by atoms with E-state index >= 15 is 0 Å². The zero-order valence-corrected chi connectivity index (χ0v) is 24.4. The molecule has 0 amide bonds. The van der Waals surface area contributed by atoms with Gasteiger partial charge in [-0.15, -0.1) is 0 Å².